The molecule has 3 amide bonds. The molecule has 0 spiro atoms. The van der Waals surface area contributed by atoms with Gasteiger partial charge in [-0.25, -0.2) is 9.78 Å². The first kappa shape index (κ1) is 25.5. The number of amides is 3. The van der Waals surface area contributed by atoms with Crippen molar-refractivity contribution in [2.75, 3.05) is 32.5 Å². The molecular weight excluding hydrogens is 522 g/mol. The highest BCUT2D eigenvalue weighted by Gasteiger charge is 2.62. The zero-order chi connectivity index (χ0) is 26.7. The fraction of sp³-hybridized carbons (Fsp3) is 0.545. The monoisotopic (exact) mass is 550 g/mol. The van der Waals surface area contributed by atoms with Gasteiger partial charge in [0, 0.05) is 24.6 Å². The van der Waals surface area contributed by atoms with Gasteiger partial charge in [-0.3, -0.25) is 23.8 Å². The number of aliphatic carboxylic acids is 1. The van der Waals surface area contributed by atoms with Gasteiger partial charge in [-0.15, -0.1) is 23.1 Å². The number of nitrogen functional groups attached to an aromatic ring is 1. The van der Waals surface area contributed by atoms with E-state index < -0.39 is 34.6 Å². The lowest BCUT2D eigenvalue weighted by molar-refractivity contribution is -0.911. The first-order chi connectivity index (χ1) is 17.5. The first-order valence-corrected chi connectivity index (χ1v) is 13.6. The van der Waals surface area contributed by atoms with E-state index in [2.05, 4.69) is 15.5 Å². The Morgan fingerprint density at radius 1 is 1.30 bits per heavy atom. The molecule has 1 unspecified atom stereocenters. The number of rotatable bonds is 7. The van der Waals surface area contributed by atoms with Gasteiger partial charge < -0.3 is 26.7 Å². The Morgan fingerprint density at radius 2 is 1.95 bits per heavy atom. The predicted molar refractivity (Wildman–Crippen MR) is 135 cm³/mol. The summed E-state index contributed by atoms with van der Waals surface area (Å²) in [7, 11) is 1.28. The van der Waals surface area contributed by atoms with Crippen LogP contribution in [0.15, 0.2) is 21.9 Å². The van der Waals surface area contributed by atoms with Gasteiger partial charge in [0.25, 0.3) is 11.8 Å². The molecule has 6 rings (SSSR count). The number of fused-ring (bicyclic) bond motifs is 4. The number of oxime groups is 1. The fourth-order valence-electron chi connectivity index (χ4n) is 6.01. The molecule has 198 valence electrons. The van der Waals surface area contributed by atoms with E-state index in [0.717, 1.165) is 11.3 Å². The Labute approximate surface area is 220 Å². The number of anilines is 1. The molecule has 15 heteroatoms. The Hall–Kier alpha value is -3.17. The van der Waals surface area contributed by atoms with Crippen molar-refractivity contribution in [3.8, 4) is 0 Å². The number of aromatic nitrogens is 1. The summed E-state index contributed by atoms with van der Waals surface area (Å²) >= 11 is 2.56. The predicted octanol–water partition coefficient (Wildman–Crippen LogP) is -0.354. The molecular formula is C22H28N7O6S2+. The van der Waals surface area contributed by atoms with Gasteiger partial charge in [-0.05, 0) is 6.92 Å². The SMILES string of the molecule is CO/N=C(\C(=O)N[C@@H]1C(=O)N2C(C(=O)O)=C([N+]34CCC(C(N)=O)(CC3)CC4)C(C)S[C@H]12)c1csc(N)n1. The summed E-state index contributed by atoms with van der Waals surface area (Å²) in [5, 5.41) is 17.6. The van der Waals surface area contributed by atoms with Crippen LogP contribution >= 0.6 is 23.1 Å². The van der Waals surface area contributed by atoms with Gasteiger partial charge in [0.05, 0.1) is 30.3 Å². The van der Waals surface area contributed by atoms with Crippen molar-refractivity contribution in [2.45, 2.75) is 42.9 Å². The second kappa shape index (κ2) is 8.99. The van der Waals surface area contributed by atoms with Crippen LogP contribution in [-0.2, 0) is 24.0 Å². The average molecular weight is 551 g/mol. The molecule has 37 heavy (non-hydrogen) atoms. The highest BCUT2D eigenvalue weighted by molar-refractivity contribution is 8.00. The molecule has 4 saturated heterocycles. The van der Waals surface area contributed by atoms with Crippen molar-refractivity contribution in [1.29, 1.82) is 0 Å². The molecule has 2 bridgehead atoms. The summed E-state index contributed by atoms with van der Waals surface area (Å²) in [6.45, 7) is 3.72. The third kappa shape index (κ3) is 3.87. The van der Waals surface area contributed by atoms with Crippen LogP contribution in [0.1, 0.15) is 31.9 Å². The number of nitrogens with zero attached hydrogens (tertiary/aromatic N) is 4. The average Bonchev–Trinajstić information content (AvgIpc) is 3.31. The molecule has 1 aromatic rings. The van der Waals surface area contributed by atoms with Gasteiger partial charge in [0.15, 0.2) is 22.2 Å². The van der Waals surface area contributed by atoms with Gasteiger partial charge in [0.2, 0.25) is 5.91 Å². The highest BCUT2D eigenvalue weighted by atomic mass is 32.2. The van der Waals surface area contributed by atoms with Gasteiger partial charge in [-0.1, -0.05) is 5.16 Å². The number of nitrogens with one attached hydrogen (secondary N) is 1. The number of carbonyl (C=O) groups excluding carboxylic acids is 3. The summed E-state index contributed by atoms with van der Waals surface area (Å²) in [4.78, 5) is 61.1. The zero-order valence-corrected chi connectivity index (χ0v) is 21.9. The Kier molecular flexibility index (Phi) is 6.19. The zero-order valence-electron chi connectivity index (χ0n) is 20.3. The first-order valence-electron chi connectivity index (χ1n) is 11.8. The fourth-order valence-corrected chi connectivity index (χ4v) is 8.12. The van der Waals surface area contributed by atoms with Crippen LogP contribution < -0.4 is 16.8 Å². The van der Waals surface area contributed by atoms with E-state index in [1.165, 1.54) is 23.8 Å². The Morgan fingerprint density at radius 3 is 2.46 bits per heavy atom. The molecule has 1 aromatic heterocycles. The molecule has 13 nitrogen and oxygen atoms in total. The second-order valence-electron chi connectivity index (χ2n) is 9.77. The van der Waals surface area contributed by atoms with Crippen molar-refractivity contribution >= 4 is 57.6 Å². The number of carboxylic acids is 1. The number of thiazole rings is 1. The van der Waals surface area contributed by atoms with E-state index in [1.807, 2.05) is 6.92 Å². The Bertz CT molecular complexity index is 1240. The van der Waals surface area contributed by atoms with Crippen molar-refractivity contribution in [3.05, 3.63) is 22.5 Å². The maximum absolute atomic E-state index is 13.3. The van der Waals surface area contributed by atoms with E-state index in [9.17, 15) is 24.3 Å². The van der Waals surface area contributed by atoms with Gasteiger partial charge >= 0.3 is 5.97 Å². The number of carbonyl (C=O) groups is 4. The van der Waals surface area contributed by atoms with Crippen LogP contribution in [-0.4, -0.2) is 92.3 Å². The van der Waals surface area contributed by atoms with Crippen molar-refractivity contribution in [3.63, 3.8) is 0 Å². The van der Waals surface area contributed by atoms with E-state index in [0.29, 0.717) is 49.1 Å². The molecule has 6 heterocycles. The smallest absolute Gasteiger partial charge is 0.358 e. The molecule has 5 aliphatic rings. The third-order valence-corrected chi connectivity index (χ3v) is 10.1. The number of β-lactam (4-membered cyclic amide) rings is 1. The van der Waals surface area contributed by atoms with Crippen LogP contribution in [0.2, 0.25) is 0 Å². The van der Waals surface area contributed by atoms with Crippen LogP contribution in [0.3, 0.4) is 0 Å². The largest absolute Gasteiger partial charge is 0.476 e. The summed E-state index contributed by atoms with van der Waals surface area (Å²) in [6, 6.07) is -0.945. The number of piperidine rings is 3. The van der Waals surface area contributed by atoms with Crippen LogP contribution in [0.5, 0.6) is 0 Å². The molecule has 0 radical (unpaired) electrons. The van der Waals surface area contributed by atoms with Crippen LogP contribution in [0.25, 0.3) is 0 Å². The van der Waals surface area contributed by atoms with E-state index in [-0.39, 0.29) is 33.4 Å². The van der Waals surface area contributed by atoms with Crippen molar-refractivity contribution in [1.82, 2.24) is 15.2 Å². The van der Waals surface area contributed by atoms with E-state index in [1.54, 1.807) is 5.38 Å². The van der Waals surface area contributed by atoms with Crippen molar-refractivity contribution in [2.24, 2.45) is 16.3 Å². The molecule has 4 fully saturated rings. The number of hydrogen-bond donors (Lipinski definition) is 4. The lowest BCUT2D eigenvalue weighted by Gasteiger charge is -2.58. The standard InChI is InChI=1S/C22H27N7O6S2/c1-10-15(29-6-3-22(4-7-29,5-8-29)20(23)34)14(19(32)33)28-17(31)13(18(28)37-10)26-16(30)12(27-35-2)11-9-36-21(24)25-11/h9-10,13,18H,3-8H2,1-2H3,(H5-,23,24,25,26,30,32,33,34)/p+1/b27-12-/t10?,13-,18-,22?,29?/m1/s1. The molecule has 0 aliphatic carbocycles. The minimum atomic E-state index is -1.19. The number of quaternary nitrogens is 1. The molecule has 6 N–H and O–H groups in total. The van der Waals surface area contributed by atoms with Gasteiger partial charge in [0.1, 0.15) is 24.2 Å². The van der Waals surface area contributed by atoms with E-state index in [4.69, 9.17) is 16.3 Å². The van der Waals surface area contributed by atoms with Gasteiger partial charge in [-0.2, -0.15) is 0 Å². The van der Waals surface area contributed by atoms with E-state index >= 15 is 0 Å². The number of thioether (sulfide) groups is 1. The van der Waals surface area contributed by atoms with Crippen LogP contribution in [0, 0.1) is 5.41 Å². The molecule has 0 aromatic carbocycles. The lowest BCUT2D eigenvalue weighted by atomic mass is 9.69. The second-order valence-corrected chi connectivity index (χ2v) is 12.1. The quantitative estimate of drug-likeness (QED) is 0.152. The number of primary amides is 1. The summed E-state index contributed by atoms with van der Waals surface area (Å²) < 4.78 is 0.439. The topological polar surface area (TPSA) is 190 Å². The summed E-state index contributed by atoms with van der Waals surface area (Å²) in [6.07, 6.45) is 1.78. The maximum Gasteiger partial charge on any atom is 0.358 e. The maximum atomic E-state index is 13.3. The molecule has 3 atom stereocenters. The molecule has 5 aliphatic heterocycles. The minimum absolute atomic E-state index is 0.0294. The normalized spacial score (nSPS) is 33.0. The summed E-state index contributed by atoms with van der Waals surface area (Å²) in [5.74, 6) is -2.67. The Balaban J connectivity index is 1.41. The third-order valence-electron chi connectivity index (χ3n) is 8.00. The van der Waals surface area contributed by atoms with Crippen molar-refractivity contribution < 1.29 is 33.6 Å². The number of nitrogens with two attached hydrogens (primary N) is 2. The highest BCUT2D eigenvalue weighted by Crippen LogP contribution is 2.52. The summed E-state index contributed by atoms with van der Waals surface area (Å²) in [5.41, 5.74) is 11.6. The molecule has 0 saturated carbocycles. The van der Waals surface area contributed by atoms with Crippen LogP contribution in [0.4, 0.5) is 5.13 Å². The minimum Gasteiger partial charge on any atom is -0.476 e. The number of carboxylic acid groups (broad SMARTS) is 1. The number of hydrogen-bond acceptors (Lipinski definition) is 10. The lowest BCUT2D eigenvalue weighted by Crippen LogP contribution is -2.73.